The van der Waals surface area contributed by atoms with E-state index in [0.29, 0.717) is 0 Å². The normalized spacial score (nSPS) is 12.5. The van der Waals surface area contributed by atoms with Gasteiger partial charge in [-0.1, -0.05) is 18.2 Å². The monoisotopic (exact) mass is 231 g/mol. The maximum Gasteiger partial charge on any atom is 0.280 e. The second-order valence-corrected chi connectivity index (χ2v) is 9.77. The van der Waals surface area contributed by atoms with Crippen molar-refractivity contribution in [3.63, 3.8) is 0 Å². The maximum absolute atomic E-state index is 11.7. The van der Waals surface area contributed by atoms with E-state index in [4.69, 9.17) is 0 Å². The molecular formula is C9H14NO2PS. The van der Waals surface area contributed by atoms with Crippen LogP contribution in [0, 0.1) is 0 Å². The number of rotatable bonds is 2. The highest BCUT2D eigenvalue weighted by Crippen LogP contribution is 2.38. The molecular weight excluding hydrogens is 217 g/mol. The summed E-state index contributed by atoms with van der Waals surface area (Å²) in [7, 11) is -5.11. The van der Waals surface area contributed by atoms with Gasteiger partial charge in [-0.15, -0.1) is 0 Å². The van der Waals surface area contributed by atoms with Crippen LogP contribution in [0.25, 0.3) is 0 Å². The molecule has 14 heavy (non-hydrogen) atoms. The molecule has 5 heteroatoms. The molecule has 0 aliphatic rings. The fraction of sp³-hybridized carbons (Fsp3) is 0.333. The topological polar surface area (TPSA) is 46.5 Å². The first kappa shape index (κ1) is 11.5. The number of hydrogen-bond acceptors (Lipinski definition) is 2. The van der Waals surface area contributed by atoms with Crippen molar-refractivity contribution in [3.8, 4) is 0 Å². The third-order valence-electron chi connectivity index (χ3n) is 1.39. The van der Waals surface area contributed by atoms with Crippen molar-refractivity contribution in [2.75, 3.05) is 20.0 Å². The highest BCUT2D eigenvalue weighted by molar-refractivity contribution is 7.94. The lowest BCUT2D eigenvalue weighted by atomic mass is 10.4. The van der Waals surface area contributed by atoms with E-state index in [-0.39, 0.29) is 4.90 Å². The minimum Gasteiger partial charge on any atom is -0.199 e. The molecule has 0 aliphatic carbocycles. The van der Waals surface area contributed by atoms with E-state index in [1.54, 1.807) is 30.3 Å². The first-order valence-corrected chi connectivity index (χ1v) is 8.70. The molecule has 0 saturated heterocycles. The van der Waals surface area contributed by atoms with Gasteiger partial charge in [0, 0.05) is 0 Å². The van der Waals surface area contributed by atoms with E-state index in [2.05, 4.69) is 4.15 Å². The molecule has 1 aromatic carbocycles. The molecule has 0 amide bonds. The van der Waals surface area contributed by atoms with Gasteiger partial charge in [-0.25, -0.2) is 0 Å². The van der Waals surface area contributed by atoms with Gasteiger partial charge in [-0.05, 0) is 39.2 Å². The largest absolute Gasteiger partial charge is 0.280 e. The molecule has 0 saturated carbocycles. The summed E-state index contributed by atoms with van der Waals surface area (Å²) in [5.41, 5.74) is 0. The number of benzene rings is 1. The highest BCUT2D eigenvalue weighted by Gasteiger charge is 2.13. The minimum atomic E-state index is -3.44. The smallest absolute Gasteiger partial charge is 0.199 e. The first-order chi connectivity index (χ1) is 6.31. The zero-order valence-electron chi connectivity index (χ0n) is 8.51. The van der Waals surface area contributed by atoms with Crippen molar-refractivity contribution < 1.29 is 8.42 Å². The van der Waals surface area contributed by atoms with Crippen molar-refractivity contribution in [3.05, 3.63) is 30.3 Å². The Hall–Kier alpha value is -0.600. The molecule has 0 N–H and O–H groups in total. The van der Waals surface area contributed by atoms with Crippen LogP contribution >= 0.6 is 7.05 Å². The van der Waals surface area contributed by atoms with Crippen molar-refractivity contribution >= 4 is 17.1 Å². The van der Waals surface area contributed by atoms with Crippen LogP contribution in [0.1, 0.15) is 0 Å². The zero-order valence-corrected chi connectivity index (χ0v) is 10.2. The Morgan fingerprint density at radius 3 is 2.00 bits per heavy atom. The van der Waals surface area contributed by atoms with E-state index in [1.807, 2.05) is 20.0 Å². The first-order valence-electron chi connectivity index (χ1n) is 4.17. The predicted octanol–water partition coefficient (Wildman–Crippen LogP) is 2.47. The van der Waals surface area contributed by atoms with Gasteiger partial charge in [0.1, 0.15) is 0 Å². The molecule has 0 atom stereocenters. The van der Waals surface area contributed by atoms with E-state index < -0.39 is 17.1 Å². The third kappa shape index (κ3) is 3.28. The minimum absolute atomic E-state index is 0.273. The van der Waals surface area contributed by atoms with Gasteiger partial charge in [-0.3, -0.25) is 0 Å². The van der Waals surface area contributed by atoms with Crippen LogP contribution in [0.2, 0.25) is 0 Å². The number of nitrogens with zero attached hydrogens (tertiary/aromatic N) is 1. The lowest BCUT2D eigenvalue weighted by molar-refractivity contribution is 0.598. The van der Waals surface area contributed by atoms with E-state index in [1.165, 1.54) is 0 Å². The molecule has 78 valence electrons. The summed E-state index contributed by atoms with van der Waals surface area (Å²) in [6.45, 7) is 5.61. The molecule has 3 nitrogen and oxygen atoms in total. The van der Waals surface area contributed by atoms with Gasteiger partial charge in [0.15, 0.2) is 0 Å². The average molecular weight is 231 g/mol. The van der Waals surface area contributed by atoms with Gasteiger partial charge in [0.05, 0.1) is 4.90 Å². The Kier molecular flexibility index (Phi) is 3.17. The Morgan fingerprint density at radius 1 is 1.07 bits per heavy atom. The van der Waals surface area contributed by atoms with Crippen molar-refractivity contribution in [2.45, 2.75) is 4.90 Å². The van der Waals surface area contributed by atoms with Gasteiger partial charge < -0.3 is 0 Å². The second-order valence-electron chi connectivity index (χ2n) is 3.81. The van der Waals surface area contributed by atoms with Crippen LogP contribution in [0.3, 0.4) is 0 Å². The van der Waals surface area contributed by atoms with Gasteiger partial charge >= 0.3 is 0 Å². The summed E-state index contributed by atoms with van der Waals surface area (Å²) in [6, 6.07) is 8.31. The molecule has 1 rings (SSSR count). The lowest BCUT2D eigenvalue weighted by Crippen LogP contribution is -1.95. The lowest BCUT2D eigenvalue weighted by Gasteiger charge is -2.06. The molecule has 0 heterocycles. The molecule has 1 aromatic rings. The summed E-state index contributed by atoms with van der Waals surface area (Å²) in [4.78, 5) is 0.273. The Labute approximate surface area is 85.3 Å². The Balaban J connectivity index is 3.25. The van der Waals surface area contributed by atoms with E-state index in [0.717, 1.165) is 0 Å². The molecule has 0 fully saturated rings. The van der Waals surface area contributed by atoms with Gasteiger partial charge in [0.2, 0.25) is 0 Å². The van der Waals surface area contributed by atoms with Crippen molar-refractivity contribution in [1.29, 1.82) is 0 Å². The molecule has 0 bridgehead atoms. The van der Waals surface area contributed by atoms with Crippen LogP contribution in [0.4, 0.5) is 0 Å². The molecule has 0 unspecified atom stereocenters. The van der Waals surface area contributed by atoms with Crippen LogP contribution in [-0.4, -0.2) is 28.4 Å². The number of hydrogen-bond donors (Lipinski definition) is 0. The Morgan fingerprint density at radius 2 is 1.57 bits per heavy atom. The number of sulfonamides is 1. The van der Waals surface area contributed by atoms with E-state index in [9.17, 15) is 8.42 Å². The average Bonchev–Trinajstić information content (AvgIpc) is 2.01. The summed E-state index contributed by atoms with van der Waals surface area (Å²) < 4.78 is 27.3. The van der Waals surface area contributed by atoms with Crippen molar-refractivity contribution in [2.24, 2.45) is 4.15 Å². The van der Waals surface area contributed by atoms with Crippen LogP contribution in [-0.2, 0) is 10.0 Å². The van der Waals surface area contributed by atoms with Crippen LogP contribution in [0.5, 0.6) is 0 Å². The highest BCUT2D eigenvalue weighted by atomic mass is 32.2. The maximum atomic E-state index is 11.7. The molecule has 0 radical (unpaired) electrons. The van der Waals surface area contributed by atoms with E-state index >= 15 is 0 Å². The molecule has 0 spiro atoms. The van der Waals surface area contributed by atoms with Gasteiger partial charge in [0.25, 0.3) is 10.0 Å². The third-order valence-corrected chi connectivity index (χ3v) is 5.08. The molecule has 0 aromatic heterocycles. The van der Waals surface area contributed by atoms with Crippen molar-refractivity contribution in [1.82, 2.24) is 0 Å². The standard InChI is InChI=1S/C9H14NO2PS/c1-13(2,3)10-14(11,12)9-7-5-4-6-8-9/h4-8H,1-3H3. The van der Waals surface area contributed by atoms with Crippen LogP contribution < -0.4 is 0 Å². The predicted molar refractivity (Wildman–Crippen MR) is 60.7 cm³/mol. The van der Waals surface area contributed by atoms with Crippen LogP contribution in [0.15, 0.2) is 39.4 Å². The summed E-state index contributed by atoms with van der Waals surface area (Å²) in [5.74, 6) is 0. The summed E-state index contributed by atoms with van der Waals surface area (Å²) in [6.07, 6.45) is 0. The quantitative estimate of drug-likeness (QED) is 0.734. The summed E-state index contributed by atoms with van der Waals surface area (Å²) in [5, 5.41) is 0. The SMILES string of the molecule is CP(C)(C)=NS(=O)(=O)c1ccccc1. The zero-order chi connectivity index (χ0) is 10.8. The fourth-order valence-corrected chi connectivity index (χ4v) is 4.42. The van der Waals surface area contributed by atoms with Gasteiger partial charge in [-0.2, -0.15) is 12.6 Å². The molecule has 0 aliphatic heterocycles. The summed E-state index contributed by atoms with van der Waals surface area (Å²) >= 11 is 0. The Bertz CT molecular complexity index is 451. The fourth-order valence-electron chi connectivity index (χ4n) is 0.962. The second kappa shape index (κ2) is 3.87.